The zero-order valence-electron chi connectivity index (χ0n) is 10.6. The van der Waals surface area contributed by atoms with Gasteiger partial charge >= 0.3 is 0 Å². The van der Waals surface area contributed by atoms with Gasteiger partial charge in [0.15, 0.2) is 0 Å². The van der Waals surface area contributed by atoms with Crippen LogP contribution in [0.2, 0.25) is 5.02 Å². The molecule has 1 aromatic rings. The standard InChI is InChI=1S/C12H17ClN2O2S.ClH/c1-9-7-10(13)4-5-12(9)18(16,17)15-8-11-3-2-6-14-11;/h4-5,7,11,14-15H,2-3,6,8H2,1H3;1H. The number of nitrogens with one attached hydrogen (secondary N) is 2. The summed E-state index contributed by atoms with van der Waals surface area (Å²) in [5, 5.41) is 3.80. The quantitative estimate of drug-likeness (QED) is 0.891. The van der Waals surface area contributed by atoms with Gasteiger partial charge < -0.3 is 5.32 Å². The molecule has 0 aliphatic carbocycles. The van der Waals surface area contributed by atoms with Crippen LogP contribution in [0.25, 0.3) is 0 Å². The Kier molecular flexibility index (Phi) is 6.08. The Hall–Kier alpha value is -0.330. The fourth-order valence-electron chi connectivity index (χ4n) is 2.13. The number of hydrogen-bond donors (Lipinski definition) is 2. The smallest absolute Gasteiger partial charge is 0.240 e. The third kappa shape index (κ3) is 4.33. The number of benzene rings is 1. The van der Waals surface area contributed by atoms with Crippen molar-refractivity contribution in [2.75, 3.05) is 13.1 Å². The molecule has 0 saturated carbocycles. The molecule has 7 heteroatoms. The molecule has 108 valence electrons. The highest BCUT2D eigenvalue weighted by Crippen LogP contribution is 2.19. The molecule has 1 unspecified atom stereocenters. The van der Waals surface area contributed by atoms with Crippen LogP contribution in [0.1, 0.15) is 18.4 Å². The Labute approximate surface area is 125 Å². The van der Waals surface area contributed by atoms with E-state index in [1.165, 1.54) is 0 Å². The van der Waals surface area contributed by atoms with Gasteiger partial charge in [-0.25, -0.2) is 13.1 Å². The first-order chi connectivity index (χ1) is 8.49. The van der Waals surface area contributed by atoms with E-state index in [1.807, 2.05) is 0 Å². The third-order valence-electron chi connectivity index (χ3n) is 3.11. The van der Waals surface area contributed by atoms with Gasteiger partial charge in [0.1, 0.15) is 0 Å². The summed E-state index contributed by atoms with van der Waals surface area (Å²) in [5.41, 5.74) is 0.661. The second kappa shape index (κ2) is 6.90. The van der Waals surface area contributed by atoms with Gasteiger partial charge in [0.05, 0.1) is 4.90 Å². The van der Waals surface area contributed by atoms with Gasteiger partial charge in [-0.05, 0) is 50.1 Å². The summed E-state index contributed by atoms with van der Waals surface area (Å²) in [6, 6.07) is 5.04. The maximum Gasteiger partial charge on any atom is 0.240 e. The summed E-state index contributed by atoms with van der Waals surface area (Å²) >= 11 is 5.82. The van der Waals surface area contributed by atoms with E-state index in [9.17, 15) is 8.42 Å². The topological polar surface area (TPSA) is 58.2 Å². The van der Waals surface area contributed by atoms with E-state index in [1.54, 1.807) is 25.1 Å². The molecule has 0 bridgehead atoms. The lowest BCUT2D eigenvalue weighted by Crippen LogP contribution is -2.37. The van der Waals surface area contributed by atoms with E-state index in [4.69, 9.17) is 11.6 Å². The van der Waals surface area contributed by atoms with E-state index >= 15 is 0 Å². The van der Waals surface area contributed by atoms with Gasteiger partial charge in [-0.15, -0.1) is 12.4 Å². The van der Waals surface area contributed by atoms with Crippen LogP contribution in [0.3, 0.4) is 0 Å². The minimum atomic E-state index is -3.44. The van der Waals surface area contributed by atoms with Gasteiger partial charge in [0.25, 0.3) is 0 Å². The second-order valence-corrected chi connectivity index (χ2v) is 6.73. The van der Waals surface area contributed by atoms with E-state index < -0.39 is 10.0 Å². The molecule has 2 rings (SSSR count). The Bertz CT molecular complexity index is 529. The molecule has 19 heavy (non-hydrogen) atoms. The number of sulfonamides is 1. The highest BCUT2D eigenvalue weighted by molar-refractivity contribution is 7.89. The average Bonchev–Trinajstić information content (AvgIpc) is 2.78. The molecule has 2 N–H and O–H groups in total. The van der Waals surface area contributed by atoms with Crippen molar-refractivity contribution >= 4 is 34.0 Å². The molecule has 4 nitrogen and oxygen atoms in total. The zero-order chi connectivity index (χ0) is 13.2. The maximum atomic E-state index is 12.1. The van der Waals surface area contributed by atoms with E-state index in [0.29, 0.717) is 22.0 Å². The first-order valence-electron chi connectivity index (χ1n) is 5.98. The van der Waals surface area contributed by atoms with Gasteiger partial charge in [-0.3, -0.25) is 0 Å². The summed E-state index contributed by atoms with van der Waals surface area (Å²) in [6.07, 6.45) is 2.12. The Balaban J connectivity index is 0.00000180. The third-order valence-corrected chi connectivity index (χ3v) is 4.93. The van der Waals surface area contributed by atoms with Crippen LogP contribution in [0.15, 0.2) is 23.1 Å². The van der Waals surface area contributed by atoms with Crippen LogP contribution in [0.4, 0.5) is 0 Å². The molecule has 1 saturated heterocycles. The van der Waals surface area contributed by atoms with Gasteiger partial charge in [0.2, 0.25) is 10.0 Å². The molecule has 1 aliphatic rings. The van der Waals surface area contributed by atoms with E-state index in [2.05, 4.69) is 10.0 Å². The second-order valence-electron chi connectivity index (χ2n) is 4.55. The van der Waals surface area contributed by atoms with E-state index in [-0.39, 0.29) is 18.4 Å². The molecule has 1 fully saturated rings. The van der Waals surface area contributed by atoms with Crippen molar-refractivity contribution in [3.8, 4) is 0 Å². The van der Waals surface area contributed by atoms with E-state index in [0.717, 1.165) is 19.4 Å². The Morgan fingerprint density at radius 1 is 1.47 bits per heavy atom. The summed E-state index contributed by atoms with van der Waals surface area (Å²) in [5.74, 6) is 0. The fraction of sp³-hybridized carbons (Fsp3) is 0.500. The predicted molar refractivity (Wildman–Crippen MR) is 79.7 cm³/mol. The van der Waals surface area contributed by atoms with Crippen molar-refractivity contribution < 1.29 is 8.42 Å². The largest absolute Gasteiger partial charge is 0.313 e. The molecule has 1 aromatic carbocycles. The van der Waals surface area contributed by atoms with Crippen LogP contribution < -0.4 is 10.0 Å². The maximum absolute atomic E-state index is 12.1. The normalized spacial score (nSPS) is 19.2. The SMILES string of the molecule is Cc1cc(Cl)ccc1S(=O)(=O)NCC1CCCN1.Cl. The van der Waals surface area contributed by atoms with Gasteiger partial charge in [-0.2, -0.15) is 0 Å². The number of rotatable bonds is 4. The summed E-state index contributed by atoms with van der Waals surface area (Å²) in [4.78, 5) is 0.296. The lowest BCUT2D eigenvalue weighted by molar-refractivity contribution is 0.551. The summed E-state index contributed by atoms with van der Waals surface area (Å²) < 4.78 is 26.9. The number of aryl methyl sites for hydroxylation is 1. The van der Waals surface area contributed by atoms with Gasteiger partial charge in [-0.1, -0.05) is 11.6 Å². The van der Waals surface area contributed by atoms with Crippen molar-refractivity contribution in [2.24, 2.45) is 0 Å². The molecule has 0 amide bonds. The molecular weight excluding hydrogens is 307 g/mol. The van der Waals surface area contributed by atoms with Crippen LogP contribution in [-0.2, 0) is 10.0 Å². The minimum Gasteiger partial charge on any atom is -0.313 e. The van der Waals surface area contributed by atoms with Crippen LogP contribution in [-0.4, -0.2) is 27.5 Å². The zero-order valence-corrected chi connectivity index (χ0v) is 13.0. The molecule has 1 atom stereocenters. The average molecular weight is 325 g/mol. The Morgan fingerprint density at radius 3 is 2.79 bits per heavy atom. The van der Waals surface area contributed by atoms with Gasteiger partial charge in [0, 0.05) is 17.6 Å². The van der Waals surface area contributed by atoms with Crippen molar-refractivity contribution in [3.05, 3.63) is 28.8 Å². The molecule has 0 spiro atoms. The van der Waals surface area contributed by atoms with Crippen LogP contribution in [0.5, 0.6) is 0 Å². The first-order valence-corrected chi connectivity index (χ1v) is 7.84. The Morgan fingerprint density at radius 2 is 2.21 bits per heavy atom. The molecule has 1 aliphatic heterocycles. The van der Waals surface area contributed by atoms with Crippen molar-refractivity contribution in [3.63, 3.8) is 0 Å². The molecule has 0 aromatic heterocycles. The van der Waals surface area contributed by atoms with Crippen molar-refractivity contribution in [1.29, 1.82) is 0 Å². The van der Waals surface area contributed by atoms with Crippen molar-refractivity contribution in [1.82, 2.24) is 10.0 Å². The summed E-state index contributed by atoms with van der Waals surface area (Å²) in [7, 11) is -3.44. The highest BCUT2D eigenvalue weighted by atomic mass is 35.5. The first kappa shape index (κ1) is 16.7. The lowest BCUT2D eigenvalue weighted by Gasteiger charge is -2.13. The minimum absolute atomic E-state index is 0. The summed E-state index contributed by atoms with van der Waals surface area (Å²) in [6.45, 7) is 3.14. The van der Waals surface area contributed by atoms with Crippen molar-refractivity contribution in [2.45, 2.75) is 30.7 Å². The molecule has 1 heterocycles. The van der Waals surface area contributed by atoms with Crippen LogP contribution in [0, 0.1) is 6.92 Å². The molecular formula is C12H18Cl2N2O2S. The monoisotopic (exact) mass is 324 g/mol. The predicted octanol–water partition coefficient (Wildman–Crippen LogP) is 2.10. The fourth-order valence-corrected chi connectivity index (χ4v) is 3.67. The number of hydrogen-bond acceptors (Lipinski definition) is 3. The molecule has 0 radical (unpaired) electrons. The lowest BCUT2D eigenvalue weighted by atomic mass is 10.2. The highest BCUT2D eigenvalue weighted by Gasteiger charge is 2.20. The number of halogens is 2. The van der Waals surface area contributed by atoms with Crippen LogP contribution >= 0.6 is 24.0 Å².